The number of nitrogens with two attached hydrogens (primary N) is 1. The van der Waals surface area contributed by atoms with E-state index in [0.29, 0.717) is 6.17 Å². The molecule has 0 amide bonds. The number of hydrogen-bond acceptors (Lipinski definition) is 3. The maximum atomic E-state index is 5.97. The van der Waals surface area contributed by atoms with Gasteiger partial charge in [-0.15, -0.1) is 0 Å². The summed E-state index contributed by atoms with van der Waals surface area (Å²) in [6.45, 7) is 4.29. The number of rotatable bonds is 15. The van der Waals surface area contributed by atoms with Crippen LogP contribution in [-0.2, 0) is 0 Å². The van der Waals surface area contributed by atoms with Gasteiger partial charge in [-0.05, 0) is 39.0 Å². The van der Waals surface area contributed by atoms with E-state index in [2.05, 4.69) is 35.5 Å². The Labute approximate surface area is 150 Å². The highest BCUT2D eigenvalue weighted by molar-refractivity contribution is 4.95. The SMILES string of the molecule is CCC/C=C/CCCCCCCCCCCC1NC=CN1C(C)N. The topological polar surface area (TPSA) is 41.3 Å². The molecular formula is C21H41N3. The Morgan fingerprint density at radius 2 is 1.54 bits per heavy atom. The molecule has 2 unspecified atom stereocenters. The van der Waals surface area contributed by atoms with E-state index < -0.39 is 0 Å². The molecule has 1 aliphatic heterocycles. The third-order valence-corrected chi connectivity index (χ3v) is 4.84. The predicted octanol–water partition coefficient (Wildman–Crippen LogP) is 5.64. The van der Waals surface area contributed by atoms with E-state index >= 15 is 0 Å². The summed E-state index contributed by atoms with van der Waals surface area (Å²) in [6, 6.07) is 0. The quantitative estimate of drug-likeness (QED) is 0.300. The highest BCUT2D eigenvalue weighted by Crippen LogP contribution is 2.16. The van der Waals surface area contributed by atoms with E-state index in [1.54, 1.807) is 0 Å². The largest absolute Gasteiger partial charge is 0.370 e. The van der Waals surface area contributed by atoms with Crippen molar-refractivity contribution in [2.75, 3.05) is 0 Å². The Hall–Kier alpha value is -0.960. The van der Waals surface area contributed by atoms with Crippen molar-refractivity contribution in [3.8, 4) is 0 Å². The van der Waals surface area contributed by atoms with Crippen LogP contribution in [0, 0.1) is 0 Å². The zero-order valence-electron chi connectivity index (χ0n) is 16.2. The van der Waals surface area contributed by atoms with E-state index in [-0.39, 0.29) is 6.17 Å². The van der Waals surface area contributed by atoms with Gasteiger partial charge in [0.1, 0.15) is 0 Å². The second-order valence-electron chi connectivity index (χ2n) is 7.21. The van der Waals surface area contributed by atoms with E-state index in [0.717, 1.165) is 0 Å². The van der Waals surface area contributed by atoms with Gasteiger partial charge in [-0.2, -0.15) is 0 Å². The molecule has 0 bridgehead atoms. The van der Waals surface area contributed by atoms with E-state index in [9.17, 15) is 0 Å². The normalized spacial score (nSPS) is 18.5. The first-order valence-corrected chi connectivity index (χ1v) is 10.4. The van der Waals surface area contributed by atoms with Crippen molar-refractivity contribution < 1.29 is 0 Å². The fourth-order valence-electron chi connectivity index (χ4n) is 3.32. The van der Waals surface area contributed by atoms with Crippen molar-refractivity contribution in [1.29, 1.82) is 0 Å². The molecule has 0 radical (unpaired) electrons. The highest BCUT2D eigenvalue weighted by Gasteiger charge is 2.20. The molecule has 1 heterocycles. The lowest BCUT2D eigenvalue weighted by molar-refractivity contribution is 0.208. The average Bonchev–Trinajstić information content (AvgIpc) is 3.04. The summed E-state index contributed by atoms with van der Waals surface area (Å²) >= 11 is 0. The molecule has 0 saturated carbocycles. The Morgan fingerprint density at radius 1 is 0.958 bits per heavy atom. The fraction of sp³-hybridized carbons (Fsp3) is 0.810. The van der Waals surface area contributed by atoms with Gasteiger partial charge in [-0.1, -0.05) is 70.4 Å². The molecule has 0 aliphatic carbocycles. The molecule has 1 rings (SSSR count). The minimum atomic E-state index is 0.100. The molecule has 3 N–H and O–H groups in total. The molecule has 0 aromatic heterocycles. The van der Waals surface area contributed by atoms with Crippen molar-refractivity contribution in [2.24, 2.45) is 5.73 Å². The standard InChI is InChI=1S/C21H41N3/c1-3-4-5-6-7-8-9-10-11-12-13-14-15-16-17-21-23-18-19-24(21)20(2)22/h5-6,18-21,23H,3-4,7-17,22H2,1-2H3/b6-5+. The third-order valence-electron chi connectivity index (χ3n) is 4.84. The van der Waals surface area contributed by atoms with Crippen LogP contribution in [0.25, 0.3) is 0 Å². The Balaban J connectivity index is 1.81. The van der Waals surface area contributed by atoms with E-state index in [1.165, 1.54) is 83.5 Å². The van der Waals surface area contributed by atoms with Crippen LogP contribution < -0.4 is 11.1 Å². The first-order chi connectivity index (χ1) is 11.8. The van der Waals surface area contributed by atoms with Gasteiger partial charge < -0.3 is 16.0 Å². The molecule has 24 heavy (non-hydrogen) atoms. The summed E-state index contributed by atoms with van der Waals surface area (Å²) in [5, 5.41) is 3.40. The summed E-state index contributed by atoms with van der Waals surface area (Å²) in [7, 11) is 0. The van der Waals surface area contributed by atoms with Crippen molar-refractivity contribution in [3.63, 3.8) is 0 Å². The summed E-state index contributed by atoms with van der Waals surface area (Å²) < 4.78 is 0. The second kappa shape index (κ2) is 14.4. The maximum absolute atomic E-state index is 5.97. The van der Waals surface area contributed by atoms with Crippen LogP contribution in [0.5, 0.6) is 0 Å². The summed E-state index contributed by atoms with van der Waals surface area (Å²) in [5.74, 6) is 0. The first kappa shape index (κ1) is 21.1. The van der Waals surface area contributed by atoms with Gasteiger partial charge in [-0.3, -0.25) is 0 Å². The summed E-state index contributed by atoms with van der Waals surface area (Å²) in [4.78, 5) is 2.22. The lowest BCUT2D eigenvalue weighted by Gasteiger charge is -2.28. The van der Waals surface area contributed by atoms with E-state index in [4.69, 9.17) is 5.73 Å². The molecule has 2 atom stereocenters. The Bertz CT molecular complexity index is 336. The lowest BCUT2D eigenvalue weighted by atomic mass is 10.0. The molecule has 3 nitrogen and oxygen atoms in total. The molecule has 1 aliphatic rings. The van der Waals surface area contributed by atoms with Gasteiger partial charge in [0.15, 0.2) is 0 Å². The number of nitrogens with zero attached hydrogens (tertiary/aromatic N) is 1. The van der Waals surface area contributed by atoms with Gasteiger partial charge >= 0.3 is 0 Å². The fourth-order valence-corrected chi connectivity index (χ4v) is 3.32. The Kier molecular flexibility index (Phi) is 12.6. The predicted molar refractivity (Wildman–Crippen MR) is 106 cm³/mol. The molecule has 0 aromatic rings. The van der Waals surface area contributed by atoms with Crippen LogP contribution in [0.2, 0.25) is 0 Å². The van der Waals surface area contributed by atoms with Crippen molar-refractivity contribution >= 4 is 0 Å². The molecule has 0 fully saturated rings. The van der Waals surface area contributed by atoms with Gasteiger partial charge in [0.25, 0.3) is 0 Å². The van der Waals surface area contributed by atoms with Gasteiger partial charge in [0.2, 0.25) is 0 Å². The molecule has 3 heteroatoms. The van der Waals surface area contributed by atoms with Crippen LogP contribution in [0.15, 0.2) is 24.6 Å². The minimum absolute atomic E-state index is 0.100. The summed E-state index contributed by atoms with van der Waals surface area (Å²) in [5.41, 5.74) is 5.97. The maximum Gasteiger partial charge on any atom is 0.0995 e. The zero-order chi connectivity index (χ0) is 17.5. The number of nitrogens with one attached hydrogen (secondary N) is 1. The van der Waals surface area contributed by atoms with Crippen molar-refractivity contribution in [2.45, 2.75) is 110 Å². The van der Waals surface area contributed by atoms with Gasteiger partial charge in [0.05, 0.1) is 12.3 Å². The van der Waals surface area contributed by atoms with Gasteiger partial charge in [0, 0.05) is 12.4 Å². The zero-order valence-corrected chi connectivity index (χ0v) is 16.2. The average molecular weight is 336 g/mol. The molecule has 140 valence electrons. The molecular weight excluding hydrogens is 294 g/mol. The van der Waals surface area contributed by atoms with Gasteiger partial charge in [-0.25, -0.2) is 0 Å². The first-order valence-electron chi connectivity index (χ1n) is 10.4. The number of unbranched alkanes of at least 4 members (excludes halogenated alkanes) is 10. The Morgan fingerprint density at radius 3 is 2.17 bits per heavy atom. The van der Waals surface area contributed by atoms with Crippen molar-refractivity contribution in [3.05, 3.63) is 24.6 Å². The third kappa shape index (κ3) is 10.0. The number of allylic oxidation sites excluding steroid dienone is 2. The molecule has 0 aromatic carbocycles. The monoisotopic (exact) mass is 335 g/mol. The summed E-state index contributed by atoms with van der Waals surface area (Å²) in [6.07, 6.45) is 26.8. The highest BCUT2D eigenvalue weighted by atomic mass is 15.3. The van der Waals surface area contributed by atoms with Crippen LogP contribution in [0.4, 0.5) is 0 Å². The van der Waals surface area contributed by atoms with Crippen LogP contribution in [-0.4, -0.2) is 17.2 Å². The van der Waals surface area contributed by atoms with Crippen molar-refractivity contribution in [1.82, 2.24) is 10.2 Å². The number of hydrogen-bond donors (Lipinski definition) is 2. The van der Waals surface area contributed by atoms with Crippen LogP contribution in [0.1, 0.15) is 97.3 Å². The molecule has 0 saturated heterocycles. The molecule has 0 spiro atoms. The van der Waals surface area contributed by atoms with E-state index in [1.807, 2.05) is 13.1 Å². The smallest absolute Gasteiger partial charge is 0.0995 e. The van der Waals surface area contributed by atoms with Crippen LogP contribution in [0.3, 0.4) is 0 Å². The van der Waals surface area contributed by atoms with Crippen LogP contribution >= 0.6 is 0 Å². The lowest BCUT2D eigenvalue weighted by Crippen LogP contribution is -2.44. The minimum Gasteiger partial charge on any atom is -0.370 e. The second-order valence-corrected chi connectivity index (χ2v) is 7.21.